The highest BCUT2D eigenvalue weighted by atomic mass is 32.1. The van der Waals surface area contributed by atoms with E-state index in [1.54, 1.807) is 0 Å². The van der Waals surface area contributed by atoms with Crippen LogP contribution in [0, 0.1) is 0 Å². The number of para-hydroxylation sites is 5. The van der Waals surface area contributed by atoms with Gasteiger partial charge in [0.2, 0.25) is 0 Å². The molecule has 11 rings (SSSR count). The normalized spacial score (nSPS) is 11.4. The van der Waals surface area contributed by atoms with Crippen LogP contribution in [0.5, 0.6) is 0 Å². The molecular weight excluding hydrogens is 755 g/mol. The van der Waals surface area contributed by atoms with E-state index >= 15 is 0 Å². The monoisotopic (exact) mass is 791 g/mol. The van der Waals surface area contributed by atoms with Crippen molar-refractivity contribution in [2.24, 2.45) is 0 Å². The molecular formula is C54H37N3S2. The van der Waals surface area contributed by atoms with Crippen molar-refractivity contribution in [3.05, 3.63) is 224 Å². The van der Waals surface area contributed by atoms with Crippen molar-refractivity contribution < 1.29 is 0 Å². The zero-order valence-electron chi connectivity index (χ0n) is 32.0. The Balaban J connectivity index is 1.14. The molecule has 0 spiro atoms. The summed E-state index contributed by atoms with van der Waals surface area (Å²) < 4.78 is 5.04. The first-order valence-corrected chi connectivity index (χ1v) is 21.5. The third-order valence-corrected chi connectivity index (χ3v) is 13.3. The van der Waals surface area contributed by atoms with Gasteiger partial charge in [0, 0.05) is 80.2 Å². The van der Waals surface area contributed by atoms with Gasteiger partial charge >= 0.3 is 0 Å². The molecule has 9 aromatic carbocycles. The summed E-state index contributed by atoms with van der Waals surface area (Å²) in [5.41, 5.74) is 10.0. The van der Waals surface area contributed by atoms with Crippen LogP contribution >= 0.6 is 22.7 Å². The van der Waals surface area contributed by atoms with Gasteiger partial charge in [-0.1, -0.05) is 115 Å². The molecule has 5 heteroatoms. The second-order valence-electron chi connectivity index (χ2n) is 14.6. The number of hydrogen-bond donors (Lipinski definition) is 0. The smallest absolute Gasteiger partial charge is 0.0796 e. The lowest BCUT2D eigenvalue weighted by Crippen LogP contribution is -2.17. The third kappa shape index (κ3) is 6.29. The molecule has 0 bridgehead atoms. The van der Waals surface area contributed by atoms with Crippen LogP contribution in [0.15, 0.2) is 224 Å². The molecule has 0 saturated carbocycles. The van der Waals surface area contributed by atoms with Gasteiger partial charge in [-0.3, -0.25) is 0 Å². The maximum absolute atomic E-state index is 2.45. The number of nitrogens with zero attached hydrogens (tertiary/aromatic N) is 3. The predicted octanol–water partition coefficient (Wildman–Crippen LogP) is 16.8. The third-order valence-electron chi connectivity index (χ3n) is 11.0. The van der Waals surface area contributed by atoms with E-state index in [9.17, 15) is 0 Å². The van der Waals surface area contributed by atoms with Crippen molar-refractivity contribution in [3.8, 4) is 0 Å². The summed E-state index contributed by atoms with van der Waals surface area (Å²) in [5.74, 6) is 0. The molecule has 0 aliphatic rings. The van der Waals surface area contributed by atoms with Crippen LogP contribution in [-0.2, 0) is 0 Å². The average molecular weight is 792 g/mol. The minimum absolute atomic E-state index is 1.10. The lowest BCUT2D eigenvalue weighted by molar-refractivity contribution is 1.24. The summed E-state index contributed by atoms with van der Waals surface area (Å²) >= 11 is 3.70. The van der Waals surface area contributed by atoms with E-state index in [1.165, 1.54) is 40.3 Å². The molecule has 0 saturated heterocycles. The first kappa shape index (κ1) is 35.0. The Labute approximate surface area is 351 Å². The van der Waals surface area contributed by atoms with E-state index in [0.29, 0.717) is 0 Å². The van der Waals surface area contributed by atoms with Crippen molar-refractivity contribution in [2.45, 2.75) is 0 Å². The van der Waals surface area contributed by atoms with Crippen LogP contribution in [0.3, 0.4) is 0 Å². The first-order chi connectivity index (χ1) is 29.3. The summed E-state index contributed by atoms with van der Waals surface area (Å²) in [5, 5.41) is 5.00. The topological polar surface area (TPSA) is 9.72 Å². The minimum atomic E-state index is 1.10. The highest BCUT2D eigenvalue weighted by molar-refractivity contribution is 7.26. The lowest BCUT2D eigenvalue weighted by atomic mass is 10.0. The molecule has 0 fully saturated rings. The number of hydrogen-bond acceptors (Lipinski definition) is 5. The van der Waals surface area contributed by atoms with Crippen LogP contribution in [0.25, 0.3) is 40.3 Å². The van der Waals surface area contributed by atoms with Crippen molar-refractivity contribution in [3.63, 3.8) is 0 Å². The molecule has 3 nitrogen and oxygen atoms in total. The molecule has 2 heterocycles. The molecule has 0 N–H and O–H groups in total. The summed E-state index contributed by atoms with van der Waals surface area (Å²) in [6.07, 6.45) is 0. The van der Waals surface area contributed by atoms with E-state index in [0.717, 1.165) is 51.2 Å². The van der Waals surface area contributed by atoms with Crippen LogP contribution in [0.4, 0.5) is 51.2 Å². The van der Waals surface area contributed by atoms with Gasteiger partial charge in [-0.05, 0) is 109 Å². The summed E-state index contributed by atoms with van der Waals surface area (Å²) in [4.78, 5) is 7.23. The SMILES string of the molecule is c1ccc(N(c2ccccc2)c2ccc3sc4cc(N(c5ccccc5)c5ccc6sc7ccccc7c6c5N(c5ccccc5)c5ccccc5)ccc4c3c2)cc1. The Hall–Kier alpha value is -7.18. The standard InChI is InChI=1S/C54H37N3S2/c1-6-18-38(19-7-1)55(39-20-8-2-9-21-39)43-31-34-50-47(36-43)45-32-30-44(37-52(45)59-50)56(40-22-10-3-11-23-40)48-33-35-51-53(46-28-16-17-29-49(46)58-51)54(48)57(41-24-12-4-13-25-41)42-26-14-5-15-27-42/h1-37H. The second-order valence-corrected chi connectivity index (χ2v) is 16.7. The van der Waals surface area contributed by atoms with E-state index in [2.05, 4.69) is 239 Å². The quantitative estimate of drug-likeness (QED) is 0.144. The van der Waals surface area contributed by atoms with Gasteiger partial charge in [0.05, 0.1) is 11.4 Å². The first-order valence-electron chi connectivity index (χ1n) is 19.8. The van der Waals surface area contributed by atoms with Gasteiger partial charge in [0.1, 0.15) is 0 Å². The van der Waals surface area contributed by atoms with Gasteiger partial charge in [-0.2, -0.15) is 0 Å². The van der Waals surface area contributed by atoms with Crippen molar-refractivity contribution >= 4 is 114 Å². The highest BCUT2D eigenvalue weighted by Gasteiger charge is 2.27. The van der Waals surface area contributed by atoms with Crippen molar-refractivity contribution in [1.29, 1.82) is 0 Å². The van der Waals surface area contributed by atoms with E-state index in [1.807, 2.05) is 22.7 Å². The van der Waals surface area contributed by atoms with E-state index in [4.69, 9.17) is 0 Å². The Morgan fingerprint density at radius 2 is 0.695 bits per heavy atom. The molecule has 11 aromatic rings. The molecule has 0 aliphatic heterocycles. The zero-order chi connectivity index (χ0) is 39.1. The molecule has 2 aromatic heterocycles. The molecule has 0 amide bonds. The molecule has 59 heavy (non-hydrogen) atoms. The number of benzene rings is 9. The van der Waals surface area contributed by atoms with Crippen LogP contribution in [-0.4, -0.2) is 0 Å². The van der Waals surface area contributed by atoms with Crippen molar-refractivity contribution in [1.82, 2.24) is 0 Å². The van der Waals surface area contributed by atoms with Crippen LogP contribution < -0.4 is 14.7 Å². The molecule has 280 valence electrons. The van der Waals surface area contributed by atoms with E-state index in [-0.39, 0.29) is 0 Å². The number of fused-ring (bicyclic) bond motifs is 6. The van der Waals surface area contributed by atoms with Crippen LogP contribution in [0.2, 0.25) is 0 Å². The Kier molecular flexibility index (Phi) is 8.88. The summed E-state index contributed by atoms with van der Waals surface area (Å²) in [6, 6.07) is 81.0. The number of rotatable bonds is 9. The van der Waals surface area contributed by atoms with Crippen molar-refractivity contribution in [2.75, 3.05) is 14.7 Å². The van der Waals surface area contributed by atoms with Gasteiger partial charge in [0.15, 0.2) is 0 Å². The summed E-state index contributed by atoms with van der Waals surface area (Å²) in [6.45, 7) is 0. The fourth-order valence-corrected chi connectivity index (χ4v) is 10.6. The highest BCUT2D eigenvalue weighted by Crippen LogP contribution is 2.53. The Morgan fingerprint density at radius 3 is 1.29 bits per heavy atom. The molecule has 0 atom stereocenters. The zero-order valence-corrected chi connectivity index (χ0v) is 33.7. The number of anilines is 9. The lowest BCUT2D eigenvalue weighted by Gasteiger charge is -2.34. The fourth-order valence-electron chi connectivity index (χ4n) is 8.39. The fraction of sp³-hybridized carbons (Fsp3) is 0. The predicted molar refractivity (Wildman–Crippen MR) is 256 cm³/mol. The van der Waals surface area contributed by atoms with E-state index < -0.39 is 0 Å². The van der Waals surface area contributed by atoms with Gasteiger partial charge < -0.3 is 14.7 Å². The average Bonchev–Trinajstić information content (AvgIpc) is 3.87. The molecule has 0 unspecified atom stereocenters. The number of thiophene rings is 2. The maximum Gasteiger partial charge on any atom is 0.0796 e. The van der Waals surface area contributed by atoms with Gasteiger partial charge in [0.25, 0.3) is 0 Å². The van der Waals surface area contributed by atoms with Gasteiger partial charge in [-0.15, -0.1) is 22.7 Å². The summed E-state index contributed by atoms with van der Waals surface area (Å²) in [7, 11) is 0. The Morgan fingerprint density at radius 1 is 0.254 bits per heavy atom. The van der Waals surface area contributed by atoms with Gasteiger partial charge in [-0.25, -0.2) is 0 Å². The minimum Gasteiger partial charge on any atom is -0.310 e. The molecule has 0 radical (unpaired) electrons. The molecule has 0 aliphatic carbocycles. The second kappa shape index (κ2) is 15.0. The largest absolute Gasteiger partial charge is 0.310 e. The Bertz CT molecular complexity index is 3140. The van der Waals surface area contributed by atoms with Crippen LogP contribution in [0.1, 0.15) is 0 Å². The maximum atomic E-state index is 2.45.